The first-order valence-corrected chi connectivity index (χ1v) is 7.02. The van der Waals surface area contributed by atoms with Crippen LogP contribution in [0.5, 0.6) is 0 Å². The summed E-state index contributed by atoms with van der Waals surface area (Å²) in [6.07, 6.45) is -0.900. The Morgan fingerprint density at radius 3 is 2.32 bits per heavy atom. The van der Waals surface area contributed by atoms with Crippen molar-refractivity contribution in [2.75, 3.05) is 5.32 Å². The van der Waals surface area contributed by atoms with Crippen LogP contribution in [0, 0.1) is 20.8 Å². The number of aryl methyl sites for hydroxylation is 3. The number of ether oxygens (including phenoxy) is 1. The molecule has 5 nitrogen and oxygen atoms in total. The molecule has 116 valence electrons. The number of anilines is 1. The summed E-state index contributed by atoms with van der Waals surface area (Å²) in [5.74, 6) is 0.158. The van der Waals surface area contributed by atoms with Gasteiger partial charge in [-0.05, 0) is 45.9 Å². The van der Waals surface area contributed by atoms with E-state index < -0.39 is 12.1 Å². The van der Waals surface area contributed by atoms with Crippen molar-refractivity contribution in [1.29, 1.82) is 0 Å². The molecule has 1 N–H and O–H groups in total. The Kier molecular flexibility index (Phi) is 4.65. The van der Waals surface area contributed by atoms with Crippen LogP contribution in [0.3, 0.4) is 0 Å². The molecule has 0 spiro atoms. The Labute approximate surface area is 129 Å². The van der Waals surface area contributed by atoms with Crippen LogP contribution in [0.2, 0.25) is 0 Å². The van der Waals surface area contributed by atoms with Crippen LogP contribution in [-0.2, 0) is 9.53 Å². The second-order valence-electron chi connectivity index (χ2n) is 5.23. The maximum absolute atomic E-state index is 12.0. The zero-order valence-electron chi connectivity index (χ0n) is 13.1. The van der Waals surface area contributed by atoms with Gasteiger partial charge in [0.1, 0.15) is 17.1 Å². The summed E-state index contributed by atoms with van der Waals surface area (Å²) in [7, 11) is 0. The zero-order valence-corrected chi connectivity index (χ0v) is 13.1. The Hall–Kier alpha value is -2.56. The number of carbonyl (C=O) groups is 2. The molecule has 0 aliphatic heterocycles. The number of esters is 1. The van der Waals surface area contributed by atoms with Gasteiger partial charge in [-0.25, -0.2) is 4.79 Å². The first-order chi connectivity index (χ1) is 10.4. The molecule has 2 aromatic rings. The van der Waals surface area contributed by atoms with E-state index in [1.165, 1.54) is 6.92 Å². The molecule has 0 radical (unpaired) electrons. The molecule has 0 saturated heterocycles. The molecule has 0 saturated carbocycles. The molecule has 1 amide bonds. The smallest absolute Gasteiger partial charge is 0.342 e. The molecule has 1 atom stereocenters. The van der Waals surface area contributed by atoms with E-state index in [1.807, 2.05) is 19.1 Å². The molecule has 5 heteroatoms. The summed E-state index contributed by atoms with van der Waals surface area (Å²) < 4.78 is 10.5. The van der Waals surface area contributed by atoms with Crippen molar-refractivity contribution in [3.8, 4) is 0 Å². The second kappa shape index (κ2) is 6.47. The van der Waals surface area contributed by atoms with Crippen LogP contribution in [0.1, 0.15) is 34.4 Å². The normalized spacial score (nSPS) is 11.8. The Balaban J connectivity index is 1.97. The summed E-state index contributed by atoms with van der Waals surface area (Å²) in [4.78, 5) is 24.1. The lowest BCUT2D eigenvalue weighted by Crippen LogP contribution is -2.30. The maximum atomic E-state index is 12.0. The van der Waals surface area contributed by atoms with E-state index in [-0.39, 0.29) is 5.91 Å². The van der Waals surface area contributed by atoms with Gasteiger partial charge in [0.05, 0.1) is 0 Å². The average Bonchev–Trinajstić information content (AvgIpc) is 2.80. The van der Waals surface area contributed by atoms with E-state index in [1.54, 1.807) is 32.0 Å². The molecule has 0 aliphatic carbocycles. The predicted octanol–water partition coefficient (Wildman–Crippen LogP) is 3.39. The van der Waals surface area contributed by atoms with Gasteiger partial charge in [-0.2, -0.15) is 0 Å². The number of amides is 1. The van der Waals surface area contributed by atoms with Crippen molar-refractivity contribution in [3.63, 3.8) is 0 Å². The first kappa shape index (κ1) is 15.8. The minimum Gasteiger partial charge on any atom is -0.466 e. The highest BCUT2D eigenvalue weighted by Crippen LogP contribution is 2.16. The van der Waals surface area contributed by atoms with Crippen molar-refractivity contribution in [1.82, 2.24) is 0 Å². The lowest BCUT2D eigenvalue weighted by molar-refractivity contribution is -0.123. The van der Waals surface area contributed by atoms with Crippen molar-refractivity contribution in [2.45, 2.75) is 33.8 Å². The van der Waals surface area contributed by atoms with E-state index in [4.69, 9.17) is 9.15 Å². The highest BCUT2D eigenvalue weighted by atomic mass is 16.5. The number of hydrogen-bond donors (Lipinski definition) is 1. The number of rotatable bonds is 4. The topological polar surface area (TPSA) is 68.5 Å². The second-order valence-corrected chi connectivity index (χ2v) is 5.23. The van der Waals surface area contributed by atoms with Crippen LogP contribution in [-0.4, -0.2) is 18.0 Å². The van der Waals surface area contributed by atoms with Crippen LogP contribution < -0.4 is 5.32 Å². The fourth-order valence-electron chi connectivity index (χ4n) is 1.99. The third kappa shape index (κ3) is 3.75. The van der Waals surface area contributed by atoms with Gasteiger partial charge >= 0.3 is 5.97 Å². The molecule has 2 rings (SSSR count). The highest BCUT2D eigenvalue weighted by molar-refractivity contribution is 5.97. The number of hydrogen-bond acceptors (Lipinski definition) is 4. The quantitative estimate of drug-likeness (QED) is 0.879. The van der Waals surface area contributed by atoms with Crippen molar-refractivity contribution in [3.05, 3.63) is 53.0 Å². The summed E-state index contributed by atoms with van der Waals surface area (Å²) in [6.45, 7) is 6.92. The largest absolute Gasteiger partial charge is 0.466 e. The lowest BCUT2D eigenvalue weighted by Gasteiger charge is -2.13. The molecule has 1 aromatic heterocycles. The number of carbonyl (C=O) groups excluding carboxylic acids is 2. The van der Waals surface area contributed by atoms with Gasteiger partial charge in [0.15, 0.2) is 6.10 Å². The molecule has 0 aliphatic rings. The zero-order chi connectivity index (χ0) is 16.3. The van der Waals surface area contributed by atoms with Gasteiger partial charge in [0.25, 0.3) is 5.91 Å². The van der Waals surface area contributed by atoms with Gasteiger partial charge < -0.3 is 14.5 Å². The van der Waals surface area contributed by atoms with Gasteiger partial charge in [-0.3, -0.25) is 4.79 Å². The number of nitrogens with one attached hydrogen (secondary N) is 1. The third-order valence-corrected chi connectivity index (χ3v) is 3.23. The van der Waals surface area contributed by atoms with E-state index >= 15 is 0 Å². The van der Waals surface area contributed by atoms with Crippen LogP contribution in [0.15, 0.2) is 34.7 Å². The standard InChI is InChI=1S/C17H19NO4/c1-10-5-7-14(8-6-10)18-16(19)13(4)22-17(20)15-9-11(2)21-12(15)3/h5-9,13H,1-4H3,(H,18,19)/t13-/m0/s1. The Morgan fingerprint density at radius 1 is 1.14 bits per heavy atom. The van der Waals surface area contributed by atoms with E-state index in [0.717, 1.165) is 5.56 Å². The fraction of sp³-hybridized carbons (Fsp3) is 0.294. The lowest BCUT2D eigenvalue weighted by atomic mass is 10.2. The SMILES string of the molecule is Cc1ccc(NC(=O)[C@H](C)OC(=O)c2cc(C)oc2C)cc1. The van der Waals surface area contributed by atoms with E-state index in [2.05, 4.69) is 5.32 Å². The van der Waals surface area contributed by atoms with Crippen LogP contribution in [0.4, 0.5) is 5.69 Å². The van der Waals surface area contributed by atoms with Crippen molar-refractivity contribution in [2.24, 2.45) is 0 Å². The van der Waals surface area contributed by atoms with Gasteiger partial charge in [0.2, 0.25) is 0 Å². The molecule has 0 fully saturated rings. The van der Waals surface area contributed by atoms with Crippen molar-refractivity contribution >= 4 is 17.6 Å². The Bertz CT molecular complexity index is 685. The van der Waals surface area contributed by atoms with E-state index in [9.17, 15) is 9.59 Å². The average molecular weight is 301 g/mol. The maximum Gasteiger partial charge on any atom is 0.342 e. The number of furan rings is 1. The van der Waals surface area contributed by atoms with Gasteiger partial charge in [-0.15, -0.1) is 0 Å². The van der Waals surface area contributed by atoms with E-state index in [0.29, 0.717) is 22.8 Å². The first-order valence-electron chi connectivity index (χ1n) is 7.02. The molecular weight excluding hydrogens is 282 g/mol. The van der Waals surface area contributed by atoms with Crippen LogP contribution in [0.25, 0.3) is 0 Å². The monoisotopic (exact) mass is 301 g/mol. The highest BCUT2D eigenvalue weighted by Gasteiger charge is 2.22. The minimum atomic E-state index is -0.900. The number of benzene rings is 1. The molecule has 0 bridgehead atoms. The predicted molar refractivity (Wildman–Crippen MR) is 82.9 cm³/mol. The summed E-state index contributed by atoms with van der Waals surface area (Å²) >= 11 is 0. The summed E-state index contributed by atoms with van der Waals surface area (Å²) in [5, 5.41) is 2.71. The molecule has 1 heterocycles. The fourth-order valence-corrected chi connectivity index (χ4v) is 1.99. The molecule has 22 heavy (non-hydrogen) atoms. The van der Waals surface area contributed by atoms with Gasteiger partial charge in [-0.1, -0.05) is 17.7 Å². The van der Waals surface area contributed by atoms with Crippen LogP contribution >= 0.6 is 0 Å². The van der Waals surface area contributed by atoms with Gasteiger partial charge in [0, 0.05) is 5.69 Å². The summed E-state index contributed by atoms with van der Waals surface area (Å²) in [6, 6.07) is 8.98. The summed E-state index contributed by atoms with van der Waals surface area (Å²) in [5.41, 5.74) is 2.10. The minimum absolute atomic E-state index is 0.340. The Morgan fingerprint density at radius 2 is 1.77 bits per heavy atom. The molecule has 0 unspecified atom stereocenters. The molecular formula is C17H19NO4. The van der Waals surface area contributed by atoms with Crippen molar-refractivity contribution < 1.29 is 18.7 Å². The molecule has 1 aromatic carbocycles. The third-order valence-electron chi connectivity index (χ3n) is 3.23.